The summed E-state index contributed by atoms with van der Waals surface area (Å²) in [6.45, 7) is 0. The summed E-state index contributed by atoms with van der Waals surface area (Å²) >= 11 is 0. The number of aromatic amines is 1. The number of hydrogen-bond acceptors (Lipinski definition) is 1. The van der Waals surface area contributed by atoms with E-state index < -0.39 is 0 Å². The molecule has 272 valence electrons. The quantitative estimate of drug-likeness (QED) is 0.180. The summed E-state index contributed by atoms with van der Waals surface area (Å²) < 4.78 is 0. The molecule has 1 heterocycles. The van der Waals surface area contributed by atoms with Gasteiger partial charge in [-0.25, -0.2) is 0 Å². The Morgan fingerprint density at radius 1 is 0.362 bits per heavy atom. The molecule has 0 bridgehead atoms. The van der Waals surface area contributed by atoms with Crippen molar-refractivity contribution in [3.63, 3.8) is 0 Å². The molecule has 2 nitrogen and oxygen atoms in total. The zero-order valence-corrected chi connectivity index (χ0v) is 31.9. The van der Waals surface area contributed by atoms with Crippen LogP contribution in [0.15, 0.2) is 200 Å². The summed E-state index contributed by atoms with van der Waals surface area (Å²) in [5.41, 5.74) is 22.6. The van der Waals surface area contributed by atoms with Gasteiger partial charge in [0.2, 0.25) is 0 Å². The normalized spacial score (nSPS) is 12.3. The van der Waals surface area contributed by atoms with Crippen LogP contribution >= 0.6 is 0 Å². The van der Waals surface area contributed by atoms with Crippen LogP contribution < -0.4 is 4.90 Å². The summed E-state index contributed by atoms with van der Waals surface area (Å²) in [5.74, 6) is 0. The molecule has 1 N–H and O–H groups in total. The van der Waals surface area contributed by atoms with E-state index in [0.29, 0.717) is 0 Å². The molecular weight excluding hydrogens is 701 g/mol. The van der Waals surface area contributed by atoms with Gasteiger partial charge in [-0.1, -0.05) is 152 Å². The molecule has 2 heteroatoms. The summed E-state index contributed by atoms with van der Waals surface area (Å²) in [5, 5.41) is 3.92. The lowest BCUT2D eigenvalue weighted by Gasteiger charge is -2.28. The lowest BCUT2D eigenvalue weighted by atomic mass is 9.85. The molecule has 0 saturated carbocycles. The van der Waals surface area contributed by atoms with Crippen LogP contribution in [0.4, 0.5) is 17.1 Å². The zero-order valence-electron chi connectivity index (χ0n) is 31.9. The average Bonchev–Trinajstić information content (AvgIpc) is 3.83. The second kappa shape index (κ2) is 13.1. The number of nitrogens with zero attached hydrogens (tertiary/aromatic N) is 1. The van der Waals surface area contributed by atoms with Crippen molar-refractivity contribution in [3.8, 4) is 66.9 Å². The topological polar surface area (TPSA) is 19.0 Å². The largest absolute Gasteiger partial charge is 0.354 e. The van der Waals surface area contributed by atoms with E-state index in [1.807, 2.05) is 0 Å². The van der Waals surface area contributed by atoms with E-state index in [1.54, 1.807) is 0 Å². The van der Waals surface area contributed by atoms with Gasteiger partial charge in [0.15, 0.2) is 0 Å². The van der Waals surface area contributed by atoms with Crippen molar-refractivity contribution in [2.45, 2.75) is 12.8 Å². The monoisotopic (exact) mass is 738 g/mol. The van der Waals surface area contributed by atoms with Gasteiger partial charge in [-0.2, -0.15) is 0 Å². The molecule has 0 fully saturated rings. The molecule has 0 amide bonds. The van der Waals surface area contributed by atoms with Crippen LogP contribution in [0.5, 0.6) is 0 Å². The second-order valence-corrected chi connectivity index (χ2v) is 15.7. The predicted octanol–water partition coefficient (Wildman–Crippen LogP) is 15.2. The van der Waals surface area contributed by atoms with Crippen LogP contribution in [0, 0.1) is 0 Å². The highest BCUT2D eigenvalue weighted by atomic mass is 15.1. The van der Waals surface area contributed by atoms with Crippen molar-refractivity contribution in [2.75, 3.05) is 4.90 Å². The van der Waals surface area contributed by atoms with Crippen molar-refractivity contribution in [2.24, 2.45) is 0 Å². The summed E-state index contributed by atoms with van der Waals surface area (Å²) in [4.78, 5) is 6.17. The summed E-state index contributed by atoms with van der Waals surface area (Å²) in [6.07, 6.45) is 2.10. The van der Waals surface area contributed by atoms with Crippen LogP contribution in [0.3, 0.4) is 0 Å². The third-order valence-corrected chi connectivity index (χ3v) is 12.4. The van der Waals surface area contributed by atoms with Crippen LogP contribution in [0.25, 0.3) is 88.6 Å². The molecule has 58 heavy (non-hydrogen) atoms. The highest BCUT2D eigenvalue weighted by molar-refractivity contribution is 6.21. The van der Waals surface area contributed by atoms with Gasteiger partial charge in [-0.15, -0.1) is 0 Å². The predicted molar refractivity (Wildman–Crippen MR) is 244 cm³/mol. The fourth-order valence-electron chi connectivity index (χ4n) is 9.63. The number of aromatic nitrogens is 1. The fourth-order valence-corrected chi connectivity index (χ4v) is 9.63. The number of aryl methyl sites for hydroxylation is 2. The van der Waals surface area contributed by atoms with Crippen molar-refractivity contribution in [3.05, 3.63) is 211 Å². The summed E-state index contributed by atoms with van der Waals surface area (Å²) in [7, 11) is 0. The third-order valence-electron chi connectivity index (χ3n) is 12.4. The number of hydrogen-bond donors (Lipinski definition) is 1. The van der Waals surface area contributed by atoms with E-state index in [-0.39, 0.29) is 0 Å². The minimum absolute atomic E-state index is 1.04. The maximum atomic E-state index is 3.76. The van der Waals surface area contributed by atoms with E-state index in [0.717, 1.165) is 24.2 Å². The molecule has 0 radical (unpaired) electrons. The van der Waals surface area contributed by atoms with Crippen molar-refractivity contribution >= 4 is 38.7 Å². The highest BCUT2D eigenvalue weighted by Gasteiger charge is 2.26. The number of benzene rings is 9. The van der Waals surface area contributed by atoms with Crippen molar-refractivity contribution in [1.29, 1.82) is 0 Å². The maximum Gasteiger partial charge on any atom is 0.0551 e. The van der Waals surface area contributed by atoms with Gasteiger partial charge in [-0.3, -0.25) is 0 Å². The van der Waals surface area contributed by atoms with E-state index in [9.17, 15) is 0 Å². The Hall–Kier alpha value is -7.42. The standard InChI is InChI=1S/C56H38N2/c1-2-9-36(10-3-1)37-25-28-45(29-26-37)58(47-30-31-49-44(34-47)24-23-40-11-4-5-16-48(40)49)46-15-6-14-42(33-46)38-19-21-39(22-20-38)43-27-32-53-52(35-43)55-50-17-7-12-41-13-8-18-51(54(41)50)56(55)57-53/h1-22,25-35,57H,23-24H2. The van der Waals surface area contributed by atoms with Crippen molar-refractivity contribution in [1.82, 2.24) is 4.98 Å². The van der Waals surface area contributed by atoms with E-state index in [2.05, 4.69) is 210 Å². The minimum Gasteiger partial charge on any atom is -0.354 e. The van der Waals surface area contributed by atoms with Gasteiger partial charge >= 0.3 is 0 Å². The van der Waals surface area contributed by atoms with Crippen LogP contribution in [-0.2, 0) is 12.8 Å². The number of rotatable bonds is 6. The van der Waals surface area contributed by atoms with Gasteiger partial charge in [0.1, 0.15) is 0 Å². The highest BCUT2D eigenvalue weighted by Crippen LogP contribution is 2.50. The zero-order chi connectivity index (χ0) is 38.2. The van der Waals surface area contributed by atoms with Gasteiger partial charge in [0.25, 0.3) is 0 Å². The molecular formula is C56H38N2. The van der Waals surface area contributed by atoms with Crippen LogP contribution in [-0.4, -0.2) is 4.98 Å². The first kappa shape index (κ1) is 32.8. The van der Waals surface area contributed by atoms with E-state index >= 15 is 0 Å². The molecule has 0 saturated heterocycles. The first-order chi connectivity index (χ1) is 28.7. The third kappa shape index (κ3) is 5.26. The fraction of sp³-hybridized carbons (Fsp3) is 0.0357. The molecule has 0 aliphatic heterocycles. The lowest BCUT2D eigenvalue weighted by molar-refractivity contribution is 0.941. The number of anilines is 3. The number of H-pyrrole nitrogens is 1. The maximum absolute atomic E-state index is 3.76. The Kier molecular flexibility index (Phi) is 7.39. The molecule has 9 aromatic carbocycles. The van der Waals surface area contributed by atoms with E-state index in [1.165, 1.54) is 105 Å². The SMILES string of the molecule is c1ccc(-c2ccc(N(c3cccc(-c4ccc(-c5ccc6[nH]c7c(c6c5)-c5cccc6cccc-7c56)cc4)c3)c3ccc4c(c3)CCc3ccccc3-4)cc2)cc1. The van der Waals surface area contributed by atoms with E-state index in [4.69, 9.17) is 0 Å². The van der Waals surface area contributed by atoms with Crippen LogP contribution in [0.1, 0.15) is 11.1 Å². The molecule has 10 aromatic rings. The Bertz CT molecular complexity index is 3200. The van der Waals surface area contributed by atoms with Gasteiger partial charge < -0.3 is 9.88 Å². The Morgan fingerprint density at radius 3 is 1.76 bits per heavy atom. The molecule has 2 aliphatic rings. The first-order valence-electron chi connectivity index (χ1n) is 20.3. The summed E-state index contributed by atoms with van der Waals surface area (Å²) in [6, 6.07) is 73.7. The Labute approximate surface area is 338 Å². The average molecular weight is 739 g/mol. The first-order valence-corrected chi connectivity index (χ1v) is 20.3. The number of fused-ring (bicyclic) bond motifs is 8. The molecule has 12 rings (SSSR count). The molecule has 0 unspecified atom stereocenters. The second-order valence-electron chi connectivity index (χ2n) is 15.7. The molecule has 0 spiro atoms. The van der Waals surface area contributed by atoms with Crippen LogP contribution in [0.2, 0.25) is 0 Å². The van der Waals surface area contributed by atoms with Gasteiger partial charge in [-0.05, 0) is 133 Å². The lowest BCUT2D eigenvalue weighted by Crippen LogP contribution is -2.12. The minimum atomic E-state index is 1.04. The van der Waals surface area contributed by atoms with Crippen molar-refractivity contribution < 1.29 is 0 Å². The smallest absolute Gasteiger partial charge is 0.0551 e. The Morgan fingerprint density at radius 2 is 0.931 bits per heavy atom. The van der Waals surface area contributed by atoms with Gasteiger partial charge in [0, 0.05) is 39.1 Å². The Balaban J connectivity index is 0.904. The molecule has 0 atom stereocenters. The molecule has 1 aromatic heterocycles. The number of nitrogens with one attached hydrogen (secondary N) is 1. The molecule has 2 aliphatic carbocycles. The van der Waals surface area contributed by atoms with Gasteiger partial charge in [0.05, 0.1) is 5.69 Å².